The van der Waals surface area contributed by atoms with Crippen LogP contribution in [0.15, 0.2) is 70.6 Å². The molecule has 136 valence electrons. The number of pyridine rings is 2. The molecule has 8 nitrogen and oxygen atoms in total. The molecular weight excluding hydrogens is 387 g/mol. The Bertz CT molecular complexity index is 739. The van der Waals surface area contributed by atoms with Crippen LogP contribution < -0.4 is 20.2 Å². The number of rotatable bonds is 0. The smallest absolute Gasteiger partial charge is 0.209 e. The van der Waals surface area contributed by atoms with Crippen LogP contribution in [0.3, 0.4) is 0 Å². The van der Waals surface area contributed by atoms with Gasteiger partial charge in [-0.2, -0.15) is 0 Å². The zero-order valence-corrected chi connectivity index (χ0v) is 14.4. The van der Waals surface area contributed by atoms with E-state index in [9.17, 15) is 19.8 Å². The number of Topliss-reactive ketones (excluding diaryl/α,β-unsaturated/α-hetero) is 2. The number of hydrogen-bond donors (Lipinski definition) is 2. The van der Waals surface area contributed by atoms with Crippen LogP contribution in [0.4, 0.5) is 0 Å². The summed E-state index contributed by atoms with van der Waals surface area (Å²) in [6.45, 7) is 0. The topological polar surface area (TPSA) is 149 Å². The quantitative estimate of drug-likeness (QED) is 0.553. The van der Waals surface area contributed by atoms with E-state index in [1.165, 1.54) is 12.4 Å². The van der Waals surface area contributed by atoms with E-state index >= 15 is 0 Å². The minimum atomic E-state index is -1.23. The predicted molar refractivity (Wildman–Crippen MR) is 85.1 cm³/mol. The fourth-order valence-electron chi connectivity index (χ4n) is 1.37. The normalized spacial score (nSPS) is 13.5. The number of halogens is 2. The van der Waals surface area contributed by atoms with E-state index in [-0.39, 0.29) is 11.5 Å². The zero-order valence-electron chi connectivity index (χ0n) is 12.9. The molecule has 2 aromatic heterocycles. The number of aromatic amines is 2. The SMILES string of the molecule is O=C1C([O-])=C(Cl)C(=O)C([O-])=C1Cl.Oc1ccc[nH+]c1.Oc1ccc[nH+]c1. The Kier molecular flexibility index (Phi) is 8.07. The third kappa shape index (κ3) is 6.08. The highest BCUT2D eigenvalue weighted by atomic mass is 35.5. The summed E-state index contributed by atoms with van der Waals surface area (Å²) in [5.74, 6) is -4.39. The summed E-state index contributed by atoms with van der Waals surface area (Å²) < 4.78 is 0. The molecule has 4 N–H and O–H groups in total. The lowest BCUT2D eigenvalue weighted by molar-refractivity contribution is -0.379. The first-order valence-corrected chi connectivity index (χ1v) is 7.54. The molecule has 0 atom stereocenters. The van der Waals surface area contributed by atoms with Gasteiger partial charge in [0.2, 0.25) is 12.4 Å². The van der Waals surface area contributed by atoms with Crippen LogP contribution in [0.25, 0.3) is 0 Å². The van der Waals surface area contributed by atoms with Crippen LogP contribution in [0.1, 0.15) is 0 Å². The van der Waals surface area contributed by atoms with Gasteiger partial charge in [0.05, 0.1) is 10.1 Å². The molecule has 1 aliphatic carbocycles. The van der Waals surface area contributed by atoms with Crippen molar-refractivity contribution in [2.24, 2.45) is 0 Å². The van der Waals surface area contributed by atoms with E-state index in [0.29, 0.717) is 0 Å². The van der Waals surface area contributed by atoms with Crippen molar-refractivity contribution >= 4 is 34.8 Å². The number of aromatic hydroxyl groups is 2. The highest BCUT2D eigenvalue weighted by Gasteiger charge is 2.22. The van der Waals surface area contributed by atoms with E-state index in [4.69, 9.17) is 33.4 Å². The van der Waals surface area contributed by atoms with Gasteiger partial charge < -0.3 is 20.4 Å². The van der Waals surface area contributed by atoms with E-state index in [1.54, 1.807) is 36.7 Å². The maximum absolute atomic E-state index is 10.7. The summed E-state index contributed by atoms with van der Waals surface area (Å²) in [5.41, 5.74) is 0. The van der Waals surface area contributed by atoms with Gasteiger partial charge >= 0.3 is 0 Å². The van der Waals surface area contributed by atoms with Gasteiger partial charge in [-0.3, -0.25) is 9.59 Å². The molecule has 0 aliphatic heterocycles. The first-order valence-electron chi connectivity index (χ1n) is 6.78. The number of aromatic nitrogens is 2. The van der Waals surface area contributed by atoms with Crippen LogP contribution in [0.2, 0.25) is 0 Å². The van der Waals surface area contributed by atoms with Crippen molar-refractivity contribution in [2.45, 2.75) is 0 Å². The van der Waals surface area contributed by atoms with Gasteiger partial charge in [-0.15, -0.1) is 0 Å². The molecule has 0 unspecified atom stereocenters. The lowest BCUT2D eigenvalue weighted by Gasteiger charge is -2.23. The van der Waals surface area contributed by atoms with Gasteiger partial charge in [0.25, 0.3) is 0 Å². The molecule has 0 spiro atoms. The predicted octanol–water partition coefficient (Wildman–Crippen LogP) is -0.828. The largest absolute Gasteiger partial charge is 0.869 e. The molecule has 0 bridgehead atoms. The van der Waals surface area contributed by atoms with Gasteiger partial charge in [0, 0.05) is 12.1 Å². The monoisotopic (exact) mass is 398 g/mol. The second-order valence-electron chi connectivity index (χ2n) is 4.47. The van der Waals surface area contributed by atoms with E-state index in [2.05, 4.69) is 9.97 Å². The molecule has 0 saturated carbocycles. The minimum Gasteiger partial charge on any atom is -0.869 e. The molecule has 0 fully saturated rings. The van der Waals surface area contributed by atoms with Gasteiger partial charge in [-0.1, -0.05) is 23.2 Å². The van der Waals surface area contributed by atoms with Crippen LogP contribution in [0, 0.1) is 0 Å². The maximum atomic E-state index is 10.7. The third-order valence-electron chi connectivity index (χ3n) is 2.59. The molecule has 26 heavy (non-hydrogen) atoms. The summed E-state index contributed by atoms with van der Waals surface area (Å²) >= 11 is 10.2. The highest BCUT2D eigenvalue weighted by molar-refractivity contribution is 6.55. The average molecular weight is 399 g/mol. The van der Waals surface area contributed by atoms with Crippen molar-refractivity contribution in [3.05, 3.63) is 70.6 Å². The Morgan fingerprint density at radius 2 is 1.12 bits per heavy atom. The van der Waals surface area contributed by atoms with Crippen molar-refractivity contribution in [3.63, 3.8) is 0 Å². The molecule has 0 saturated heterocycles. The lowest BCUT2D eigenvalue weighted by atomic mass is 10.1. The standard InChI is InChI=1S/C6H2Cl2O4.2C5H5NO/c7-1-3(9)5(11)2(8)6(12)4(1)10;2*7-5-2-1-3-6-4-5/h9,12H;2*1-4,7H. The molecule has 0 aromatic carbocycles. The average Bonchev–Trinajstić information content (AvgIpc) is 2.65. The summed E-state index contributed by atoms with van der Waals surface area (Å²) in [5, 5.41) is 36.8. The zero-order chi connectivity index (χ0) is 19.7. The van der Waals surface area contributed by atoms with Gasteiger partial charge in [-0.05, 0) is 23.7 Å². The van der Waals surface area contributed by atoms with Crippen molar-refractivity contribution in [1.82, 2.24) is 0 Å². The number of carbonyl (C=O) groups is 2. The summed E-state index contributed by atoms with van der Waals surface area (Å²) in [6.07, 6.45) is 6.50. The molecular formula is C16H12Cl2N2O6. The number of hydrogen-bond acceptors (Lipinski definition) is 6. The van der Waals surface area contributed by atoms with Gasteiger partial charge in [-0.25, -0.2) is 9.97 Å². The van der Waals surface area contributed by atoms with Crippen molar-refractivity contribution in [3.8, 4) is 11.5 Å². The fourth-order valence-corrected chi connectivity index (χ4v) is 1.72. The lowest BCUT2D eigenvalue weighted by Crippen LogP contribution is -2.31. The molecule has 1 aliphatic rings. The number of allylic oxidation sites excluding steroid dienone is 2. The Hall–Kier alpha value is -3.10. The number of nitrogens with one attached hydrogen (secondary N) is 2. The molecule has 0 radical (unpaired) electrons. The second-order valence-corrected chi connectivity index (χ2v) is 5.22. The molecule has 0 amide bonds. The Morgan fingerprint density at radius 3 is 1.31 bits per heavy atom. The van der Waals surface area contributed by atoms with Crippen molar-refractivity contribution in [1.29, 1.82) is 0 Å². The van der Waals surface area contributed by atoms with E-state index in [1.807, 2.05) is 0 Å². The first kappa shape index (κ1) is 20.9. The minimum absolute atomic E-state index is 0.266. The third-order valence-corrected chi connectivity index (χ3v) is 3.28. The number of H-pyrrole nitrogens is 2. The van der Waals surface area contributed by atoms with Gasteiger partial charge in [0.1, 0.15) is 0 Å². The second kappa shape index (κ2) is 10.0. The number of carbonyl (C=O) groups excluding carboxylic acids is 2. The van der Waals surface area contributed by atoms with Crippen LogP contribution >= 0.6 is 23.2 Å². The maximum Gasteiger partial charge on any atom is 0.209 e. The summed E-state index contributed by atoms with van der Waals surface area (Å²) in [4.78, 5) is 26.8. The fraction of sp³-hybridized carbons (Fsp3) is 0. The molecule has 2 aromatic rings. The van der Waals surface area contributed by atoms with E-state index in [0.717, 1.165) is 0 Å². The first-order chi connectivity index (χ1) is 12.3. The van der Waals surface area contributed by atoms with Crippen LogP contribution in [0.5, 0.6) is 11.5 Å². The summed E-state index contributed by atoms with van der Waals surface area (Å²) in [6, 6.07) is 6.68. The number of ketones is 2. The molecule has 10 heteroatoms. The van der Waals surface area contributed by atoms with E-state index < -0.39 is 33.1 Å². The van der Waals surface area contributed by atoms with Crippen molar-refractivity contribution in [2.75, 3.05) is 0 Å². The molecule has 3 rings (SSSR count). The van der Waals surface area contributed by atoms with Crippen LogP contribution in [-0.4, -0.2) is 21.8 Å². The Labute approximate surface area is 157 Å². The highest BCUT2D eigenvalue weighted by Crippen LogP contribution is 2.23. The summed E-state index contributed by atoms with van der Waals surface area (Å²) in [7, 11) is 0. The van der Waals surface area contributed by atoms with Gasteiger partial charge in [0.15, 0.2) is 35.5 Å². The van der Waals surface area contributed by atoms with Crippen molar-refractivity contribution < 1.29 is 40.0 Å². The van der Waals surface area contributed by atoms with Crippen LogP contribution in [-0.2, 0) is 9.59 Å². The Balaban J connectivity index is 0.000000207. The molecule has 2 heterocycles. The Morgan fingerprint density at radius 1 is 0.769 bits per heavy atom.